The van der Waals surface area contributed by atoms with Gasteiger partial charge >= 0.3 is 0 Å². The molecule has 1 N–H and O–H groups in total. The van der Waals surface area contributed by atoms with Crippen LogP contribution in [0.15, 0.2) is 22.7 Å². The Morgan fingerprint density at radius 3 is 2.63 bits per heavy atom. The van der Waals surface area contributed by atoms with E-state index < -0.39 is 0 Å². The third-order valence-corrected chi connectivity index (χ3v) is 4.61. The number of unbranched alkanes of at least 4 members (excludes halogenated alkanes) is 2. The molecule has 1 aromatic rings. The number of halogens is 2. The summed E-state index contributed by atoms with van der Waals surface area (Å²) in [5, 5.41) is 4.32. The molecule has 0 aliphatic carbocycles. The zero-order chi connectivity index (χ0) is 14.3. The first-order valence-corrected chi connectivity index (χ1v) is 8.26. The first-order valence-electron chi connectivity index (χ1n) is 7.09. The molecule has 19 heavy (non-hydrogen) atoms. The fourth-order valence-electron chi connectivity index (χ4n) is 2.14. The van der Waals surface area contributed by atoms with Crippen molar-refractivity contribution in [3.05, 3.63) is 33.3 Å². The number of rotatable bonds is 8. The summed E-state index contributed by atoms with van der Waals surface area (Å²) in [5.41, 5.74) is 1.60. The highest BCUT2D eigenvalue weighted by molar-refractivity contribution is 9.10. The summed E-state index contributed by atoms with van der Waals surface area (Å²) in [5.74, 6) is 0. The van der Waals surface area contributed by atoms with Crippen molar-refractivity contribution in [2.24, 2.45) is 5.41 Å². The molecule has 0 aliphatic heterocycles. The monoisotopic (exact) mass is 345 g/mol. The second kappa shape index (κ2) is 8.28. The topological polar surface area (TPSA) is 12.0 Å². The van der Waals surface area contributed by atoms with Crippen LogP contribution in [-0.4, -0.2) is 6.54 Å². The van der Waals surface area contributed by atoms with E-state index >= 15 is 0 Å². The fourth-order valence-corrected chi connectivity index (χ4v) is 2.59. The van der Waals surface area contributed by atoms with Crippen LogP contribution in [0.1, 0.15) is 52.0 Å². The Labute approximate surface area is 131 Å². The smallest absolute Gasteiger partial charge is 0.0551 e. The lowest BCUT2D eigenvalue weighted by Gasteiger charge is -2.25. The lowest BCUT2D eigenvalue weighted by Crippen LogP contribution is -2.29. The molecule has 0 atom stereocenters. The van der Waals surface area contributed by atoms with Crippen LogP contribution in [-0.2, 0) is 6.54 Å². The molecule has 1 aromatic carbocycles. The molecule has 0 aromatic heterocycles. The molecule has 1 nitrogen and oxygen atoms in total. The van der Waals surface area contributed by atoms with Gasteiger partial charge in [0.05, 0.1) is 5.02 Å². The molecule has 1 rings (SSSR count). The van der Waals surface area contributed by atoms with Gasteiger partial charge in [-0.25, -0.2) is 0 Å². The van der Waals surface area contributed by atoms with Gasteiger partial charge in [0.25, 0.3) is 0 Å². The Kier molecular flexibility index (Phi) is 7.41. The van der Waals surface area contributed by atoms with E-state index in [9.17, 15) is 0 Å². The fraction of sp³-hybridized carbons (Fsp3) is 0.625. The lowest BCUT2D eigenvalue weighted by atomic mass is 9.87. The van der Waals surface area contributed by atoms with Crippen molar-refractivity contribution in [1.29, 1.82) is 0 Å². The van der Waals surface area contributed by atoms with Gasteiger partial charge in [0.2, 0.25) is 0 Å². The van der Waals surface area contributed by atoms with Crippen LogP contribution in [0.3, 0.4) is 0 Å². The average molecular weight is 347 g/mol. The molecule has 0 saturated heterocycles. The number of hydrogen-bond acceptors (Lipinski definition) is 1. The predicted octanol–water partition coefficient (Wildman–Crippen LogP) is 5.80. The molecule has 0 unspecified atom stereocenters. The normalized spacial score (nSPS) is 11.8. The molecule has 0 amide bonds. The van der Waals surface area contributed by atoms with Crippen molar-refractivity contribution in [2.45, 2.75) is 53.0 Å². The first-order chi connectivity index (χ1) is 8.94. The highest BCUT2D eigenvalue weighted by Crippen LogP contribution is 2.24. The van der Waals surface area contributed by atoms with Crippen molar-refractivity contribution in [2.75, 3.05) is 6.54 Å². The first kappa shape index (κ1) is 17.0. The van der Waals surface area contributed by atoms with Crippen LogP contribution in [0.25, 0.3) is 0 Å². The van der Waals surface area contributed by atoms with Crippen LogP contribution >= 0.6 is 27.5 Å². The van der Waals surface area contributed by atoms with E-state index in [1.807, 2.05) is 12.1 Å². The highest BCUT2D eigenvalue weighted by atomic mass is 79.9. The summed E-state index contributed by atoms with van der Waals surface area (Å²) in [6.07, 6.45) is 5.25. The average Bonchev–Trinajstić information content (AvgIpc) is 2.34. The van der Waals surface area contributed by atoms with Crippen molar-refractivity contribution in [3.63, 3.8) is 0 Å². The summed E-state index contributed by atoms with van der Waals surface area (Å²) in [7, 11) is 0. The minimum atomic E-state index is 0.369. The van der Waals surface area contributed by atoms with Gasteiger partial charge in [0.1, 0.15) is 0 Å². The van der Waals surface area contributed by atoms with Crippen LogP contribution in [0.2, 0.25) is 5.02 Å². The summed E-state index contributed by atoms with van der Waals surface area (Å²) in [4.78, 5) is 0. The maximum Gasteiger partial charge on any atom is 0.0551 e. The molecule has 0 aliphatic rings. The van der Waals surface area contributed by atoms with E-state index in [-0.39, 0.29) is 0 Å². The second-order valence-electron chi connectivity index (χ2n) is 5.97. The van der Waals surface area contributed by atoms with E-state index in [0.29, 0.717) is 5.41 Å². The Balaban J connectivity index is 2.34. The third-order valence-electron chi connectivity index (χ3n) is 3.37. The molecule has 3 heteroatoms. The Bertz CT molecular complexity index is 390. The summed E-state index contributed by atoms with van der Waals surface area (Å²) in [6, 6.07) is 6.13. The van der Waals surface area contributed by atoms with E-state index in [2.05, 4.69) is 48.1 Å². The standard InChI is InChI=1S/C16H25BrClN/c1-4-5-6-9-16(2,3)12-19-11-13-7-8-14(17)15(18)10-13/h7-8,10,19H,4-6,9,11-12H2,1-3H3. The van der Waals surface area contributed by atoms with E-state index in [1.165, 1.54) is 31.2 Å². The molecule has 0 radical (unpaired) electrons. The van der Waals surface area contributed by atoms with Gasteiger partial charge in [-0.1, -0.05) is 57.7 Å². The minimum Gasteiger partial charge on any atom is -0.312 e. The molecular weight excluding hydrogens is 322 g/mol. The van der Waals surface area contributed by atoms with Gasteiger partial charge < -0.3 is 5.32 Å². The maximum atomic E-state index is 6.09. The van der Waals surface area contributed by atoms with Crippen molar-refractivity contribution in [1.82, 2.24) is 5.32 Å². The zero-order valence-electron chi connectivity index (χ0n) is 12.2. The minimum absolute atomic E-state index is 0.369. The van der Waals surface area contributed by atoms with Gasteiger partial charge in [-0.3, -0.25) is 0 Å². The van der Waals surface area contributed by atoms with Gasteiger partial charge in [0, 0.05) is 17.6 Å². The Morgan fingerprint density at radius 1 is 1.26 bits per heavy atom. The SMILES string of the molecule is CCCCCC(C)(C)CNCc1ccc(Br)c(Cl)c1. The van der Waals surface area contributed by atoms with E-state index in [0.717, 1.165) is 22.6 Å². The lowest BCUT2D eigenvalue weighted by molar-refractivity contribution is 0.302. The molecule has 0 bridgehead atoms. The van der Waals surface area contributed by atoms with Crippen LogP contribution in [0, 0.1) is 5.41 Å². The van der Waals surface area contributed by atoms with E-state index in [1.54, 1.807) is 0 Å². The predicted molar refractivity (Wildman–Crippen MR) is 88.8 cm³/mol. The summed E-state index contributed by atoms with van der Waals surface area (Å²) >= 11 is 9.50. The van der Waals surface area contributed by atoms with Crippen molar-refractivity contribution in [3.8, 4) is 0 Å². The largest absolute Gasteiger partial charge is 0.312 e. The van der Waals surface area contributed by atoms with Gasteiger partial charge in [0.15, 0.2) is 0 Å². The Hall–Kier alpha value is -0.0500. The third kappa shape index (κ3) is 6.78. The summed E-state index contributed by atoms with van der Waals surface area (Å²) < 4.78 is 0.956. The molecule has 0 spiro atoms. The number of benzene rings is 1. The van der Waals surface area contributed by atoms with Gasteiger partial charge in [-0.05, 0) is 45.5 Å². The Morgan fingerprint density at radius 2 is 2.00 bits per heavy atom. The van der Waals surface area contributed by atoms with Crippen molar-refractivity contribution >= 4 is 27.5 Å². The maximum absolute atomic E-state index is 6.09. The molecule has 0 fully saturated rings. The zero-order valence-corrected chi connectivity index (χ0v) is 14.6. The number of hydrogen-bond donors (Lipinski definition) is 1. The van der Waals surface area contributed by atoms with Crippen LogP contribution in [0.5, 0.6) is 0 Å². The molecule has 0 heterocycles. The van der Waals surface area contributed by atoms with Gasteiger partial charge in [-0.15, -0.1) is 0 Å². The van der Waals surface area contributed by atoms with Crippen LogP contribution < -0.4 is 5.32 Å². The molecule has 108 valence electrons. The second-order valence-corrected chi connectivity index (χ2v) is 7.23. The van der Waals surface area contributed by atoms with Crippen molar-refractivity contribution < 1.29 is 0 Å². The van der Waals surface area contributed by atoms with E-state index in [4.69, 9.17) is 11.6 Å². The number of nitrogens with one attached hydrogen (secondary N) is 1. The van der Waals surface area contributed by atoms with Gasteiger partial charge in [-0.2, -0.15) is 0 Å². The van der Waals surface area contributed by atoms with Crippen LogP contribution in [0.4, 0.5) is 0 Å². The summed E-state index contributed by atoms with van der Waals surface area (Å²) in [6.45, 7) is 8.85. The molecule has 0 saturated carbocycles. The highest BCUT2D eigenvalue weighted by Gasteiger charge is 2.16. The quantitative estimate of drug-likeness (QED) is 0.587. The molecular formula is C16H25BrClN.